The topological polar surface area (TPSA) is 23.5 Å². The van der Waals surface area contributed by atoms with Gasteiger partial charge in [0.05, 0.1) is 6.61 Å². The molecule has 0 aliphatic carbocycles. The van der Waals surface area contributed by atoms with Crippen LogP contribution in [-0.2, 0) is 0 Å². The first-order valence-electron chi connectivity index (χ1n) is 5.01. The molecular formula is C10H21NO. The van der Waals surface area contributed by atoms with Crippen LogP contribution in [-0.4, -0.2) is 34.7 Å². The molecule has 1 saturated heterocycles. The highest BCUT2D eigenvalue weighted by molar-refractivity contribution is 4.90. The Morgan fingerprint density at radius 3 is 2.58 bits per heavy atom. The summed E-state index contributed by atoms with van der Waals surface area (Å²) in [7, 11) is 0. The van der Waals surface area contributed by atoms with Crippen molar-refractivity contribution in [2.75, 3.05) is 13.2 Å². The van der Waals surface area contributed by atoms with Gasteiger partial charge in [-0.2, -0.15) is 0 Å². The predicted octanol–water partition coefficient (Wildman–Crippen LogP) is 1.63. The van der Waals surface area contributed by atoms with E-state index in [4.69, 9.17) is 0 Å². The van der Waals surface area contributed by atoms with Crippen molar-refractivity contribution >= 4 is 0 Å². The third-order valence-corrected chi connectivity index (χ3v) is 3.35. The van der Waals surface area contributed by atoms with Crippen LogP contribution >= 0.6 is 0 Å². The van der Waals surface area contributed by atoms with Crippen molar-refractivity contribution in [3.63, 3.8) is 0 Å². The van der Waals surface area contributed by atoms with Gasteiger partial charge in [-0.3, -0.25) is 4.90 Å². The van der Waals surface area contributed by atoms with Crippen LogP contribution in [0.1, 0.15) is 40.0 Å². The van der Waals surface area contributed by atoms with Gasteiger partial charge in [-0.15, -0.1) is 0 Å². The lowest BCUT2D eigenvalue weighted by atomic mass is 9.97. The summed E-state index contributed by atoms with van der Waals surface area (Å²) in [6, 6.07) is 0.655. The number of rotatable bonds is 3. The number of aliphatic hydroxyl groups excluding tert-OH is 1. The van der Waals surface area contributed by atoms with Gasteiger partial charge in [0, 0.05) is 11.6 Å². The number of hydrogen-bond acceptors (Lipinski definition) is 2. The molecule has 0 spiro atoms. The van der Waals surface area contributed by atoms with E-state index < -0.39 is 0 Å². The Hall–Kier alpha value is -0.0800. The average Bonchev–Trinajstić information content (AvgIpc) is 2.51. The highest BCUT2D eigenvalue weighted by Gasteiger charge is 2.35. The maximum atomic E-state index is 9.32. The summed E-state index contributed by atoms with van der Waals surface area (Å²) in [4.78, 5) is 2.45. The van der Waals surface area contributed by atoms with E-state index in [9.17, 15) is 5.11 Å². The van der Waals surface area contributed by atoms with Crippen LogP contribution in [0.5, 0.6) is 0 Å². The van der Waals surface area contributed by atoms with Crippen molar-refractivity contribution in [3.05, 3.63) is 0 Å². The summed E-state index contributed by atoms with van der Waals surface area (Å²) in [5.41, 5.74) is 0.0237. The molecule has 1 rings (SSSR count). The van der Waals surface area contributed by atoms with Crippen molar-refractivity contribution in [2.24, 2.45) is 0 Å². The Balaban J connectivity index is 2.64. The molecule has 72 valence electrons. The van der Waals surface area contributed by atoms with Gasteiger partial charge in [0.25, 0.3) is 0 Å². The fraction of sp³-hybridized carbons (Fsp3) is 1.00. The van der Waals surface area contributed by atoms with E-state index in [0.29, 0.717) is 6.04 Å². The summed E-state index contributed by atoms with van der Waals surface area (Å²) in [6.45, 7) is 8.02. The Kier molecular flexibility index (Phi) is 3.13. The normalized spacial score (nSPS) is 30.5. The van der Waals surface area contributed by atoms with Crippen molar-refractivity contribution < 1.29 is 5.11 Å². The third-order valence-electron chi connectivity index (χ3n) is 3.35. The highest BCUT2D eigenvalue weighted by Crippen LogP contribution is 2.28. The Bertz CT molecular complexity index is 143. The molecule has 0 aromatic rings. The van der Waals surface area contributed by atoms with Crippen molar-refractivity contribution in [1.82, 2.24) is 4.90 Å². The lowest BCUT2D eigenvalue weighted by Gasteiger charge is -2.39. The SMILES string of the molecule is CCC(C)(CO)N1CCCC1C. The van der Waals surface area contributed by atoms with Crippen LogP contribution in [0, 0.1) is 0 Å². The van der Waals surface area contributed by atoms with Gasteiger partial charge in [0.15, 0.2) is 0 Å². The summed E-state index contributed by atoms with van der Waals surface area (Å²) < 4.78 is 0. The summed E-state index contributed by atoms with van der Waals surface area (Å²) in [6.07, 6.45) is 3.61. The summed E-state index contributed by atoms with van der Waals surface area (Å²) in [5.74, 6) is 0. The van der Waals surface area contributed by atoms with Gasteiger partial charge < -0.3 is 5.11 Å². The minimum atomic E-state index is 0.0237. The quantitative estimate of drug-likeness (QED) is 0.697. The maximum absolute atomic E-state index is 9.32. The van der Waals surface area contributed by atoms with E-state index in [-0.39, 0.29) is 12.1 Å². The monoisotopic (exact) mass is 171 g/mol. The molecule has 1 heterocycles. The first-order chi connectivity index (χ1) is 5.64. The average molecular weight is 171 g/mol. The van der Waals surface area contributed by atoms with Crippen LogP contribution in [0.15, 0.2) is 0 Å². The maximum Gasteiger partial charge on any atom is 0.0612 e. The van der Waals surface area contributed by atoms with Crippen LogP contribution in [0.25, 0.3) is 0 Å². The predicted molar refractivity (Wildman–Crippen MR) is 51.2 cm³/mol. The van der Waals surface area contributed by atoms with Crippen LogP contribution < -0.4 is 0 Å². The molecule has 1 N–H and O–H groups in total. The van der Waals surface area contributed by atoms with E-state index in [1.807, 2.05) is 0 Å². The van der Waals surface area contributed by atoms with Gasteiger partial charge in [0.2, 0.25) is 0 Å². The molecule has 12 heavy (non-hydrogen) atoms. The molecule has 2 heteroatoms. The van der Waals surface area contributed by atoms with Crippen molar-refractivity contribution in [1.29, 1.82) is 0 Å². The fourth-order valence-electron chi connectivity index (χ4n) is 2.14. The Morgan fingerprint density at radius 2 is 2.25 bits per heavy atom. The second kappa shape index (κ2) is 3.75. The standard InChI is InChI=1S/C10H21NO/c1-4-10(3,8-12)11-7-5-6-9(11)2/h9,12H,4-8H2,1-3H3. The molecule has 0 amide bonds. The van der Waals surface area contributed by atoms with Crippen LogP contribution in [0.3, 0.4) is 0 Å². The van der Waals surface area contributed by atoms with Crippen molar-refractivity contribution in [3.8, 4) is 0 Å². The zero-order valence-corrected chi connectivity index (χ0v) is 8.51. The van der Waals surface area contributed by atoms with Crippen LogP contribution in [0.2, 0.25) is 0 Å². The zero-order valence-electron chi connectivity index (χ0n) is 8.51. The molecule has 0 bridgehead atoms. The molecule has 1 aliphatic heterocycles. The van der Waals surface area contributed by atoms with E-state index in [1.165, 1.54) is 12.8 Å². The summed E-state index contributed by atoms with van der Waals surface area (Å²) >= 11 is 0. The molecule has 1 aliphatic rings. The third kappa shape index (κ3) is 1.64. The van der Waals surface area contributed by atoms with Gasteiger partial charge in [-0.1, -0.05) is 6.92 Å². The number of hydrogen-bond donors (Lipinski definition) is 1. The van der Waals surface area contributed by atoms with Gasteiger partial charge in [-0.05, 0) is 39.7 Å². The van der Waals surface area contributed by atoms with E-state index >= 15 is 0 Å². The van der Waals surface area contributed by atoms with E-state index in [2.05, 4.69) is 25.7 Å². The van der Waals surface area contributed by atoms with E-state index in [0.717, 1.165) is 13.0 Å². The minimum absolute atomic E-state index is 0.0237. The first kappa shape index (κ1) is 10.0. The lowest BCUT2D eigenvalue weighted by molar-refractivity contribution is 0.0349. The molecule has 2 nitrogen and oxygen atoms in total. The lowest BCUT2D eigenvalue weighted by Crippen LogP contribution is -2.50. The molecule has 0 aromatic heterocycles. The molecule has 2 unspecified atom stereocenters. The second-order valence-electron chi connectivity index (χ2n) is 4.19. The number of likely N-dealkylation sites (tertiary alicyclic amines) is 1. The van der Waals surface area contributed by atoms with Gasteiger partial charge in [-0.25, -0.2) is 0 Å². The zero-order chi connectivity index (χ0) is 9.19. The molecule has 0 aromatic carbocycles. The highest BCUT2D eigenvalue weighted by atomic mass is 16.3. The second-order valence-corrected chi connectivity index (χ2v) is 4.19. The number of aliphatic hydroxyl groups is 1. The van der Waals surface area contributed by atoms with Crippen LogP contribution in [0.4, 0.5) is 0 Å². The molecule has 0 radical (unpaired) electrons. The van der Waals surface area contributed by atoms with E-state index in [1.54, 1.807) is 0 Å². The summed E-state index contributed by atoms with van der Waals surface area (Å²) in [5, 5.41) is 9.32. The molecule has 0 saturated carbocycles. The molecular weight excluding hydrogens is 150 g/mol. The molecule has 2 atom stereocenters. The fourth-order valence-corrected chi connectivity index (χ4v) is 2.14. The Labute approximate surface area is 75.6 Å². The first-order valence-corrected chi connectivity index (χ1v) is 5.01. The van der Waals surface area contributed by atoms with Gasteiger partial charge in [0.1, 0.15) is 0 Å². The molecule has 1 fully saturated rings. The minimum Gasteiger partial charge on any atom is -0.394 e. The van der Waals surface area contributed by atoms with Crippen molar-refractivity contribution in [2.45, 2.75) is 51.6 Å². The van der Waals surface area contributed by atoms with Gasteiger partial charge >= 0.3 is 0 Å². The Morgan fingerprint density at radius 1 is 1.58 bits per heavy atom. The smallest absolute Gasteiger partial charge is 0.0612 e. The largest absolute Gasteiger partial charge is 0.394 e. The number of nitrogens with zero attached hydrogens (tertiary/aromatic N) is 1.